The molecule has 0 atom stereocenters. The summed E-state index contributed by atoms with van der Waals surface area (Å²) in [5, 5.41) is 0. The number of benzene rings is 1. The molecule has 5 nitrogen and oxygen atoms in total. The Morgan fingerprint density at radius 2 is 1.80 bits per heavy atom. The van der Waals surface area contributed by atoms with Gasteiger partial charge in [0.2, 0.25) is 10.0 Å². The molecule has 0 amide bonds. The van der Waals surface area contributed by atoms with E-state index in [2.05, 4.69) is 0 Å². The van der Waals surface area contributed by atoms with Crippen molar-refractivity contribution in [2.75, 3.05) is 6.54 Å². The number of halogens is 1. The van der Waals surface area contributed by atoms with E-state index < -0.39 is 25.1 Å². The summed E-state index contributed by atoms with van der Waals surface area (Å²) in [5.41, 5.74) is 0. The first-order valence-corrected chi connectivity index (χ1v) is 9.15. The van der Waals surface area contributed by atoms with Gasteiger partial charge in [0, 0.05) is 12.6 Å². The van der Waals surface area contributed by atoms with Crippen molar-refractivity contribution in [2.45, 2.75) is 42.0 Å². The smallest absolute Gasteiger partial charge is 0.207 e. The van der Waals surface area contributed by atoms with Crippen molar-refractivity contribution >= 4 is 20.2 Å². The van der Waals surface area contributed by atoms with Gasteiger partial charge in [-0.25, -0.2) is 8.42 Å². The molecule has 112 valence electrons. The van der Waals surface area contributed by atoms with Gasteiger partial charge in [-0.05, 0) is 37.5 Å². The van der Waals surface area contributed by atoms with Gasteiger partial charge in [-0.2, -0.15) is 12.7 Å². The predicted molar refractivity (Wildman–Crippen MR) is 71.9 cm³/mol. The van der Waals surface area contributed by atoms with Gasteiger partial charge in [0.1, 0.15) is 0 Å². The van der Waals surface area contributed by atoms with Crippen molar-refractivity contribution in [1.82, 2.24) is 4.31 Å². The summed E-state index contributed by atoms with van der Waals surface area (Å²) >= 11 is 0. The van der Waals surface area contributed by atoms with E-state index in [0.717, 1.165) is 25.0 Å². The Morgan fingerprint density at radius 1 is 1.20 bits per heavy atom. The Labute approximate surface area is 118 Å². The second-order valence-electron chi connectivity index (χ2n) is 4.76. The molecule has 20 heavy (non-hydrogen) atoms. The Hall–Kier alpha value is -0.990. The fraction of sp³-hybridized carbons (Fsp3) is 0.500. The second-order valence-corrected chi connectivity index (χ2v) is 8.00. The molecule has 0 heterocycles. The van der Waals surface area contributed by atoms with Crippen LogP contribution in [0.25, 0.3) is 0 Å². The largest absolute Gasteiger partial charge is 0.332 e. The van der Waals surface area contributed by atoms with Crippen LogP contribution in [-0.4, -0.2) is 33.7 Å². The van der Waals surface area contributed by atoms with E-state index in [9.17, 15) is 20.7 Å². The van der Waals surface area contributed by atoms with E-state index in [0.29, 0.717) is 13.0 Å². The van der Waals surface area contributed by atoms with Gasteiger partial charge in [0.25, 0.3) is 0 Å². The van der Waals surface area contributed by atoms with Crippen molar-refractivity contribution in [3.8, 4) is 0 Å². The minimum absolute atomic E-state index is 0.0226. The van der Waals surface area contributed by atoms with Crippen LogP contribution in [-0.2, 0) is 20.2 Å². The van der Waals surface area contributed by atoms with Crippen molar-refractivity contribution in [3.63, 3.8) is 0 Å². The maximum absolute atomic E-state index is 13.0. The van der Waals surface area contributed by atoms with Crippen LogP contribution in [0.4, 0.5) is 3.89 Å². The summed E-state index contributed by atoms with van der Waals surface area (Å²) in [7, 11) is -8.69. The molecule has 0 aliphatic heterocycles. The van der Waals surface area contributed by atoms with E-state index in [1.165, 1.54) is 16.4 Å². The molecule has 1 aromatic carbocycles. The third-order valence-electron chi connectivity index (χ3n) is 3.09. The molecule has 8 heteroatoms. The molecule has 0 aromatic heterocycles. The summed E-state index contributed by atoms with van der Waals surface area (Å²) in [6.45, 7) is 2.24. The molecular formula is C12H16FNO4S2. The average molecular weight is 321 g/mol. The molecule has 0 saturated heterocycles. The van der Waals surface area contributed by atoms with Crippen LogP contribution >= 0.6 is 0 Å². The molecule has 1 aliphatic rings. The van der Waals surface area contributed by atoms with Gasteiger partial charge in [-0.1, -0.05) is 13.0 Å². The van der Waals surface area contributed by atoms with Crippen LogP contribution in [0, 0.1) is 0 Å². The van der Waals surface area contributed by atoms with Gasteiger partial charge in [-0.15, -0.1) is 3.89 Å². The Bertz CT molecular complexity index is 696. The van der Waals surface area contributed by atoms with Crippen LogP contribution in [0.2, 0.25) is 0 Å². The molecule has 0 radical (unpaired) electrons. The Balaban J connectivity index is 2.43. The van der Waals surface area contributed by atoms with Crippen LogP contribution < -0.4 is 0 Å². The predicted octanol–water partition coefficient (Wildman–Crippen LogP) is 1.91. The number of hydrogen-bond donors (Lipinski definition) is 0. The van der Waals surface area contributed by atoms with E-state index in [1.807, 2.05) is 6.92 Å². The standard InChI is InChI=1S/C12H16FNO4S2/c1-2-8-14(10-6-7-10)20(17,18)12-5-3-4-11(9-12)19(13,15)16/h3-5,9-10H,2,6-8H2,1H3. The zero-order valence-corrected chi connectivity index (χ0v) is 12.6. The van der Waals surface area contributed by atoms with Crippen LogP contribution in [0.5, 0.6) is 0 Å². The maximum atomic E-state index is 13.0. The first-order chi connectivity index (χ1) is 9.26. The van der Waals surface area contributed by atoms with Crippen molar-refractivity contribution < 1.29 is 20.7 Å². The molecule has 1 aliphatic carbocycles. The van der Waals surface area contributed by atoms with Gasteiger partial charge >= 0.3 is 10.2 Å². The molecule has 0 N–H and O–H groups in total. The van der Waals surface area contributed by atoms with E-state index in [-0.39, 0.29) is 10.9 Å². The zero-order valence-electron chi connectivity index (χ0n) is 11.0. The topological polar surface area (TPSA) is 71.5 Å². The monoisotopic (exact) mass is 321 g/mol. The maximum Gasteiger partial charge on any atom is 0.332 e. The first kappa shape index (κ1) is 15.4. The van der Waals surface area contributed by atoms with Gasteiger partial charge in [-0.3, -0.25) is 0 Å². The minimum Gasteiger partial charge on any atom is -0.207 e. The highest BCUT2D eigenvalue weighted by Gasteiger charge is 2.37. The third-order valence-corrected chi connectivity index (χ3v) is 5.86. The van der Waals surface area contributed by atoms with E-state index in [1.54, 1.807) is 0 Å². The molecule has 2 rings (SSSR count). The fourth-order valence-corrected chi connectivity index (χ4v) is 4.41. The summed E-state index contributed by atoms with van der Waals surface area (Å²) in [5.74, 6) is 0. The quantitative estimate of drug-likeness (QED) is 0.750. The normalized spacial score (nSPS) is 16.6. The highest BCUT2D eigenvalue weighted by Crippen LogP contribution is 2.32. The van der Waals surface area contributed by atoms with Crippen LogP contribution in [0.3, 0.4) is 0 Å². The van der Waals surface area contributed by atoms with Gasteiger partial charge < -0.3 is 0 Å². The van der Waals surface area contributed by atoms with Gasteiger partial charge in [0.05, 0.1) is 9.79 Å². The first-order valence-electron chi connectivity index (χ1n) is 6.33. The summed E-state index contributed by atoms with van der Waals surface area (Å²) in [6, 6.07) is 4.40. The van der Waals surface area contributed by atoms with Crippen molar-refractivity contribution in [1.29, 1.82) is 0 Å². The number of sulfonamides is 1. The molecule has 0 spiro atoms. The van der Waals surface area contributed by atoms with Crippen molar-refractivity contribution in [3.05, 3.63) is 24.3 Å². The van der Waals surface area contributed by atoms with E-state index in [4.69, 9.17) is 0 Å². The minimum atomic E-state index is -4.91. The Kier molecular flexibility index (Phi) is 4.17. The highest BCUT2D eigenvalue weighted by atomic mass is 32.3. The summed E-state index contributed by atoms with van der Waals surface area (Å²) < 4.78 is 61.1. The summed E-state index contributed by atoms with van der Waals surface area (Å²) in [6.07, 6.45) is 2.28. The summed E-state index contributed by atoms with van der Waals surface area (Å²) in [4.78, 5) is -0.817. The van der Waals surface area contributed by atoms with Crippen LogP contribution in [0.15, 0.2) is 34.1 Å². The number of hydrogen-bond acceptors (Lipinski definition) is 4. The lowest BCUT2D eigenvalue weighted by Gasteiger charge is -2.21. The van der Waals surface area contributed by atoms with Crippen LogP contribution in [0.1, 0.15) is 26.2 Å². The Morgan fingerprint density at radius 3 is 2.30 bits per heavy atom. The SMILES string of the molecule is CCCN(C1CC1)S(=O)(=O)c1cccc(S(=O)(=O)F)c1. The highest BCUT2D eigenvalue weighted by molar-refractivity contribution is 7.89. The molecule has 1 saturated carbocycles. The second kappa shape index (κ2) is 5.42. The fourth-order valence-electron chi connectivity index (χ4n) is 2.00. The molecule has 0 bridgehead atoms. The lowest BCUT2D eigenvalue weighted by molar-refractivity contribution is 0.403. The molecular weight excluding hydrogens is 305 g/mol. The molecule has 0 unspecified atom stereocenters. The average Bonchev–Trinajstić information content (AvgIpc) is 3.19. The van der Waals surface area contributed by atoms with E-state index >= 15 is 0 Å². The lowest BCUT2D eigenvalue weighted by Crippen LogP contribution is -2.33. The zero-order chi connectivity index (χ0) is 15.0. The van der Waals surface area contributed by atoms with Gasteiger partial charge in [0.15, 0.2) is 0 Å². The van der Waals surface area contributed by atoms with Crippen molar-refractivity contribution in [2.24, 2.45) is 0 Å². The number of rotatable bonds is 6. The number of nitrogens with zero attached hydrogens (tertiary/aromatic N) is 1. The lowest BCUT2D eigenvalue weighted by atomic mass is 10.4. The molecule has 1 fully saturated rings. The molecule has 1 aromatic rings. The third kappa shape index (κ3) is 3.18.